The molecule has 2 rings (SSSR count). The van der Waals surface area contributed by atoms with Crippen LogP contribution in [0, 0.1) is 0 Å². The molecule has 4 N–H and O–H groups in total. The Kier molecular flexibility index (Phi) is 6.23. The van der Waals surface area contributed by atoms with Gasteiger partial charge in [-0.2, -0.15) is 0 Å². The van der Waals surface area contributed by atoms with Crippen LogP contribution in [0.3, 0.4) is 0 Å². The summed E-state index contributed by atoms with van der Waals surface area (Å²) in [6.45, 7) is 4.75. The zero-order chi connectivity index (χ0) is 20.0. The average molecular weight is 373 g/mol. The van der Waals surface area contributed by atoms with Gasteiger partial charge in [-0.05, 0) is 51.1 Å². The highest BCUT2D eigenvalue weighted by molar-refractivity contribution is 5.80. The normalized spacial score (nSPS) is 12.1. The van der Waals surface area contributed by atoms with Crippen LogP contribution in [0.15, 0.2) is 42.6 Å². The van der Waals surface area contributed by atoms with Gasteiger partial charge in [0, 0.05) is 11.8 Å². The van der Waals surface area contributed by atoms with Crippen molar-refractivity contribution in [3.8, 4) is 17.0 Å². The standard InChI is InChI=1S/C19H23N3O5/c1-19(2,3)27-18(25)22-15(17(23)24)11-26-16-8-7-12(10-13(16)20)14-6-4-5-9-21-14/h4-10,15H,11,20H2,1-3H3,(H,22,25)(H,23,24)/t15-/m0/s1. The monoisotopic (exact) mass is 373 g/mol. The van der Waals surface area contributed by atoms with Crippen molar-refractivity contribution >= 4 is 17.7 Å². The van der Waals surface area contributed by atoms with Gasteiger partial charge in [0.2, 0.25) is 0 Å². The van der Waals surface area contributed by atoms with Crippen LogP contribution in [-0.2, 0) is 9.53 Å². The van der Waals surface area contributed by atoms with Gasteiger partial charge in [-0.25, -0.2) is 9.59 Å². The van der Waals surface area contributed by atoms with Gasteiger partial charge in [-0.3, -0.25) is 4.98 Å². The first-order chi connectivity index (χ1) is 12.7. The molecular formula is C19H23N3O5. The number of hydrogen-bond acceptors (Lipinski definition) is 6. The summed E-state index contributed by atoms with van der Waals surface area (Å²) in [6, 6.07) is 9.33. The predicted molar refractivity (Wildman–Crippen MR) is 100 cm³/mol. The lowest BCUT2D eigenvalue weighted by molar-refractivity contribution is -0.140. The SMILES string of the molecule is CC(C)(C)OC(=O)N[C@@H](COc1ccc(-c2ccccn2)cc1N)C(=O)O. The summed E-state index contributed by atoms with van der Waals surface area (Å²) in [6.07, 6.45) is 0.840. The highest BCUT2D eigenvalue weighted by Crippen LogP contribution is 2.27. The highest BCUT2D eigenvalue weighted by Gasteiger charge is 2.24. The number of nitrogens with two attached hydrogens (primary N) is 1. The fourth-order valence-corrected chi connectivity index (χ4v) is 2.17. The third kappa shape index (κ3) is 6.18. The Morgan fingerprint density at radius 1 is 1.26 bits per heavy atom. The molecule has 0 fully saturated rings. The number of carboxylic acids is 1. The minimum Gasteiger partial charge on any atom is -0.489 e. The van der Waals surface area contributed by atoms with Crippen LogP contribution in [0.25, 0.3) is 11.3 Å². The van der Waals surface area contributed by atoms with E-state index in [1.807, 2.05) is 18.2 Å². The summed E-state index contributed by atoms with van der Waals surface area (Å²) in [7, 11) is 0. The maximum absolute atomic E-state index is 11.8. The first-order valence-corrected chi connectivity index (χ1v) is 8.32. The van der Waals surface area contributed by atoms with Crippen LogP contribution in [0.2, 0.25) is 0 Å². The molecule has 144 valence electrons. The smallest absolute Gasteiger partial charge is 0.408 e. The second kappa shape index (κ2) is 8.39. The zero-order valence-electron chi connectivity index (χ0n) is 15.4. The van der Waals surface area contributed by atoms with Gasteiger partial charge < -0.3 is 25.6 Å². The zero-order valence-corrected chi connectivity index (χ0v) is 15.4. The predicted octanol–water partition coefficient (Wildman–Crippen LogP) is 2.69. The first-order valence-electron chi connectivity index (χ1n) is 8.32. The number of aromatic nitrogens is 1. The fraction of sp³-hybridized carbons (Fsp3) is 0.316. The molecule has 1 aromatic heterocycles. The summed E-state index contributed by atoms with van der Waals surface area (Å²) in [4.78, 5) is 27.4. The molecule has 8 heteroatoms. The van der Waals surface area contributed by atoms with E-state index in [1.54, 1.807) is 45.2 Å². The van der Waals surface area contributed by atoms with Crippen molar-refractivity contribution in [2.24, 2.45) is 0 Å². The van der Waals surface area contributed by atoms with Gasteiger partial charge in [0.05, 0.1) is 11.4 Å². The molecule has 1 atom stereocenters. The highest BCUT2D eigenvalue weighted by atomic mass is 16.6. The van der Waals surface area contributed by atoms with E-state index < -0.39 is 23.7 Å². The van der Waals surface area contributed by atoms with E-state index in [4.69, 9.17) is 15.2 Å². The molecule has 0 radical (unpaired) electrons. The lowest BCUT2D eigenvalue weighted by atomic mass is 10.1. The summed E-state index contributed by atoms with van der Waals surface area (Å²) in [5.74, 6) is -0.934. The number of carboxylic acid groups (broad SMARTS) is 1. The molecule has 0 saturated heterocycles. The Morgan fingerprint density at radius 3 is 2.56 bits per heavy atom. The maximum atomic E-state index is 11.8. The van der Waals surface area contributed by atoms with E-state index in [9.17, 15) is 14.7 Å². The number of rotatable bonds is 6. The average Bonchev–Trinajstić information content (AvgIpc) is 2.58. The number of amides is 1. The number of nitrogen functional groups attached to an aromatic ring is 1. The number of nitrogens with zero attached hydrogens (tertiary/aromatic N) is 1. The summed E-state index contributed by atoms with van der Waals surface area (Å²) in [5, 5.41) is 11.5. The van der Waals surface area contributed by atoms with Gasteiger partial charge in [-0.1, -0.05) is 6.07 Å². The van der Waals surface area contributed by atoms with Gasteiger partial charge in [0.25, 0.3) is 0 Å². The van der Waals surface area contributed by atoms with Crippen LogP contribution in [0.1, 0.15) is 20.8 Å². The number of carbonyl (C=O) groups is 2. The van der Waals surface area contributed by atoms with Gasteiger partial charge >= 0.3 is 12.1 Å². The van der Waals surface area contributed by atoms with E-state index in [0.29, 0.717) is 11.4 Å². The van der Waals surface area contributed by atoms with Crippen LogP contribution in [0.5, 0.6) is 5.75 Å². The second-order valence-corrected chi connectivity index (χ2v) is 6.82. The number of benzene rings is 1. The second-order valence-electron chi connectivity index (χ2n) is 6.82. The molecule has 1 heterocycles. The Bertz CT molecular complexity index is 803. The van der Waals surface area contributed by atoms with Crippen LogP contribution in [-0.4, -0.2) is 40.4 Å². The van der Waals surface area contributed by atoms with E-state index in [1.165, 1.54) is 0 Å². The number of anilines is 1. The maximum Gasteiger partial charge on any atom is 0.408 e. The van der Waals surface area contributed by atoms with E-state index in [0.717, 1.165) is 11.3 Å². The van der Waals surface area contributed by atoms with Crippen LogP contribution < -0.4 is 15.8 Å². The largest absolute Gasteiger partial charge is 0.489 e. The molecule has 0 unspecified atom stereocenters. The summed E-state index contributed by atoms with van der Waals surface area (Å²) in [5.41, 5.74) is 7.15. The quantitative estimate of drug-likeness (QED) is 0.665. The van der Waals surface area contributed by atoms with Crippen molar-refractivity contribution in [3.05, 3.63) is 42.6 Å². The number of hydrogen-bond donors (Lipinski definition) is 3. The van der Waals surface area contributed by atoms with Crippen molar-refractivity contribution in [1.29, 1.82) is 0 Å². The number of ether oxygens (including phenoxy) is 2. The number of nitrogens with one attached hydrogen (secondary N) is 1. The lowest BCUT2D eigenvalue weighted by Crippen LogP contribution is -2.46. The third-order valence-electron chi connectivity index (χ3n) is 3.37. The van der Waals surface area contributed by atoms with Crippen LogP contribution in [0.4, 0.5) is 10.5 Å². The molecule has 2 aromatic rings. The Hall–Kier alpha value is -3.29. The Morgan fingerprint density at radius 2 is 2.00 bits per heavy atom. The first kappa shape index (κ1) is 20.0. The Labute approximate surface area is 157 Å². The molecule has 0 aliphatic heterocycles. The number of carbonyl (C=O) groups excluding carboxylic acids is 1. The lowest BCUT2D eigenvalue weighted by Gasteiger charge is -2.22. The molecule has 0 spiro atoms. The van der Waals surface area contributed by atoms with E-state index in [-0.39, 0.29) is 6.61 Å². The van der Waals surface area contributed by atoms with Crippen molar-refractivity contribution in [3.63, 3.8) is 0 Å². The number of aliphatic carboxylic acids is 1. The minimum atomic E-state index is -1.28. The van der Waals surface area contributed by atoms with Crippen LogP contribution >= 0.6 is 0 Å². The van der Waals surface area contributed by atoms with Crippen molar-refractivity contribution < 1.29 is 24.2 Å². The van der Waals surface area contributed by atoms with Crippen molar-refractivity contribution in [2.45, 2.75) is 32.4 Å². The molecular weight excluding hydrogens is 350 g/mol. The summed E-state index contributed by atoms with van der Waals surface area (Å²) < 4.78 is 10.5. The topological polar surface area (TPSA) is 124 Å². The molecule has 0 saturated carbocycles. The van der Waals surface area contributed by atoms with Crippen molar-refractivity contribution in [1.82, 2.24) is 10.3 Å². The molecule has 1 amide bonds. The van der Waals surface area contributed by atoms with E-state index in [2.05, 4.69) is 10.3 Å². The molecule has 0 aliphatic rings. The number of pyridine rings is 1. The molecule has 0 aliphatic carbocycles. The van der Waals surface area contributed by atoms with E-state index >= 15 is 0 Å². The third-order valence-corrected chi connectivity index (χ3v) is 3.37. The van der Waals surface area contributed by atoms with Gasteiger partial charge in [0.15, 0.2) is 6.04 Å². The fourth-order valence-electron chi connectivity index (χ4n) is 2.17. The Balaban J connectivity index is 2.02. The number of alkyl carbamates (subject to hydrolysis) is 1. The molecule has 8 nitrogen and oxygen atoms in total. The van der Waals surface area contributed by atoms with Gasteiger partial charge in [0.1, 0.15) is 18.0 Å². The van der Waals surface area contributed by atoms with Crippen molar-refractivity contribution in [2.75, 3.05) is 12.3 Å². The van der Waals surface area contributed by atoms with Gasteiger partial charge in [-0.15, -0.1) is 0 Å². The summed E-state index contributed by atoms with van der Waals surface area (Å²) >= 11 is 0. The molecule has 1 aromatic carbocycles. The molecule has 0 bridgehead atoms. The molecule has 27 heavy (non-hydrogen) atoms. The minimum absolute atomic E-state index is 0.304.